The summed E-state index contributed by atoms with van der Waals surface area (Å²) in [5.74, 6) is 0.806. The standard InChI is InChI=1S/C16H29N5OS.HI/c1-15(2)12(8-16(15,3)22-7)20-13(17-4)18-9-11-10-23-14(19-11)21(5)6;/h10,12H,8-9H2,1-7H3,(H2,17,18,20);1H. The second-order valence-electron chi connectivity index (χ2n) is 7.00. The third-order valence-corrected chi connectivity index (χ3v) is 6.23. The Morgan fingerprint density at radius 3 is 2.58 bits per heavy atom. The molecule has 2 rings (SSSR count). The summed E-state index contributed by atoms with van der Waals surface area (Å²) in [4.78, 5) is 10.9. The number of hydrogen-bond donors (Lipinski definition) is 2. The molecular weight excluding hydrogens is 437 g/mol. The van der Waals surface area contributed by atoms with Crippen LogP contribution in [-0.4, -0.2) is 50.8 Å². The van der Waals surface area contributed by atoms with E-state index in [1.54, 1.807) is 25.5 Å². The van der Waals surface area contributed by atoms with E-state index in [9.17, 15) is 0 Å². The molecule has 0 bridgehead atoms. The molecular formula is C16H30IN5OS. The second-order valence-corrected chi connectivity index (χ2v) is 7.84. The van der Waals surface area contributed by atoms with Crippen molar-refractivity contribution < 1.29 is 4.74 Å². The van der Waals surface area contributed by atoms with Crippen molar-refractivity contribution in [3.8, 4) is 0 Å². The first-order valence-corrected chi connectivity index (χ1v) is 8.75. The van der Waals surface area contributed by atoms with E-state index < -0.39 is 0 Å². The van der Waals surface area contributed by atoms with Crippen molar-refractivity contribution in [3.63, 3.8) is 0 Å². The zero-order valence-electron chi connectivity index (χ0n) is 15.6. The molecule has 1 aromatic heterocycles. The van der Waals surface area contributed by atoms with Gasteiger partial charge in [0.1, 0.15) is 0 Å². The highest BCUT2D eigenvalue weighted by molar-refractivity contribution is 14.0. The number of aromatic nitrogens is 1. The minimum Gasteiger partial charge on any atom is -0.378 e. The number of methoxy groups -OCH3 is 1. The van der Waals surface area contributed by atoms with Crippen LogP contribution in [0.5, 0.6) is 0 Å². The quantitative estimate of drug-likeness (QED) is 0.396. The summed E-state index contributed by atoms with van der Waals surface area (Å²) in [6, 6.07) is 0.339. The van der Waals surface area contributed by atoms with Gasteiger partial charge in [0.15, 0.2) is 11.1 Å². The maximum absolute atomic E-state index is 5.68. The summed E-state index contributed by atoms with van der Waals surface area (Å²) in [7, 11) is 7.59. The number of ether oxygens (including phenoxy) is 1. The summed E-state index contributed by atoms with van der Waals surface area (Å²) < 4.78 is 5.68. The number of aliphatic imine (C=N–C) groups is 1. The van der Waals surface area contributed by atoms with Gasteiger partial charge in [-0.05, 0) is 13.3 Å². The van der Waals surface area contributed by atoms with Crippen LogP contribution in [0, 0.1) is 5.41 Å². The summed E-state index contributed by atoms with van der Waals surface area (Å²) in [5.41, 5.74) is 0.994. The Hall–Kier alpha value is -0.610. The number of halogens is 1. The molecule has 8 heteroatoms. The Morgan fingerprint density at radius 1 is 1.46 bits per heavy atom. The molecule has 24 heavy (non-hydrogen) atoms. The van der Waals surface area contributed by atoms with Gasteiger partial charge < -0.3 is 20.3 Å². The molecule has 1 aliphatic rings. The van der Waals surface area contributed by atoms with Crippen LogP contribution in [0.4, 0.5) is 5.13 Å². The molecule has 0 spiro atoms. The van der Waals surface area contributed by atoms with E-state index in [0.29, 0.717) is 12.6 Å². The van der Waals surface area contributed by atoms with Crippen molar-refractivity contribution >= 4 is 46.4 Å². The van der Waals surface area contributed by atoms with Gasteiger partial charge in [-0.1, -0.05) is 13.8 Å². The first-order chi connectivity index (χ1) is 10.7. The largest absolute Gasteiger partial charge is 0.378 e. The molecule has 1 heterocycles. The number of thiazole rings is 1. The van der Waals surface area contributed by atoms with E-state index in [-0.39, 0.29) is 35.0 Å². The number of nitrogens with one attached hydrogen (secondary N) is 2. The average molecular weight is 467 g/mol. The van der Waals surface area contributed by atoms with E-state index in [0.717, 1.165) is 23.2 Å². The highest BCUT2D eigenvalue weighted by Gasteiger charge is 2.58. The van der Waals surface area contributed by atoms with Crippen molar-refractivity contribution in [1.29, 1.82) is 0 Å². The first-order valence-electron chi connectivity index (χ1n) is 7.87. The monoisotopic (exact) mass is 467 g/mol. The number of nitrogens with zero attached hydrogens (tertiary/aromatic N) is 3. The smallest absolute Gasteiger partial charge is 0.191 e. The highest BCUT2D eigenvalue weighted by Crippen LogP contribution is 2.51. The Kier molecular flexibility index (Phi) is 7.30. The number of rotatable bonds is 5. The molecule has 2 N–H and O–H groups in total. The fraction of sp³-hybridized carbons (Fsp3) is 0.750. The van der Waals surface area contributed by atoms with Crippen LogP contribution in [0.2, 0.25) is 0 Å². The normalized spacial score (nSPS) is 25.5. The summed E-state index contributed by atoms with van der Waals surface area (Å²) >= 11 is 1.65. The Balaban J connectivity index is 0.00000288. The molecule has 2 unspecified atom stereocenters. The minimum absolute atomic E-state index is 0. The van der Waals surface area contributed by atoms with Gasteiger partial charge in [0.25, 0.3) is 0 Å². The van der Waals surface area contributed by atoms with Gasteiger partial charge in [0, 0.05) is 45.1 Å². The zero-order chi connectivity index (χ0) is 17.3. The third kappa shape index (κ3) is 4.13. The lowest BCUT2D eigenvalue weighted by atomic mass is 9.56. The molecule has 6 nitrogen and oxygen atoms in total. The Bertz CT molecular complexity index is 575. The maximum atomic E-state index is 5.68. The summed E-state index contributed by atoms with van der Waals surface area (Å²) in [5, 5.41) is 9.94. The molecule has 1 aliphatic carbocycles. The van der Waals surface area contributed by atoms with Crippen LogP contribution in [0.1, 0.15) is 32.9 Å². The minimum atomic E-state index is -0.0843. The van der Waals surface area contributed by atoms with Crippen LogP contribution < -0.4 is 15.5 Å². The number of hydrogen-bond acceptors (Lipinski definition) is 5. The number of anilines is 1. The third-order valence-electron chi connectivity index (χ3n) is 5.17. The molecule has 1 aromatic rings. The van der Waals surface area contributed by atoms with Crippen LogP contribution in [0.15, 0.2) is 10.4 Å². The molecule has 2 atom stereocenters. The van der Waals surface area contributed by atoms with Gasteiger partial charge >= 0.3 is 0 Å². The fourth-order valence-electron chi connectivity index (χ4n) is 2.84. The maximum Gasteiger partial charge on any atom is 0.191 e. The van der Waals surface area contributed by atoms with Gasteiger partial charge in [-0.25, -0.2) is 4.98 Å². The van der Waals surface area contributed by atoms with Gasteiger partial charge in [0.05, 0.1) is 17.8 Å². The molecule has 1 saturated carbocycles. The topological polar surface area (TPSA) is 61.8 Å². The van der Waals surface area contributed by atoms with Crippen LogP contribution in [0.25, 0.3) is 0 Å². The number of guanidine groups is 1. The van der Waals surface area contributed by atoms with Crippen LogP contribution in [0.3, 0.4) is 0 Å². The average Bonchev–Trinajstić information content (AvgIpc) is 2.99. The van der Waals surface area contributed by atoms with Gasteiger partial charge in [-0.2, -0.15) is 0 Å². The van der Waals surface area contributed by atoms with E-state index in [1.807, 2.05) is 19.0 Å². The molecule has 0 aliphatic heterocycles. The molecule has 0 radical (unpaired) electrons. The zero-order valence-corrected chi connectivity index (χ0v) is 18.8. The lowest BCUT2D eigenvalue weighted by Gasteiger charge is -2.59. The Labute approximate surface area is 166 Å². The molecule has 0 aromatic carbocycles. The molecule has 0 amide bonds. The van der Waals surface area contributed by atoms with E-state index in [2.05, 4.69) is 46.8 Å². The Morgan fingerprint density at radius 2 is 2.12 bits per heavy atom. The van der Waals surface area contributed by atoms with E-state index >= 15 is 0 Å². The van der Waals surface area contributed by atoms with Crippen molar-refractivity contribution in [2.45, 2.75) is 45.4 Å². The van der Waals surface area contributed by atoms with E-state index in [1.165, 1.54) is 0 Å². The molecule has 0 saturated heterocycles. The lowest BCUT2D eigenvalue weighted by Crippen LogP contribution is -2.69. The fourth-order valence-corrected chi connectivity index (χ4v) is 3.60. The first kappa shape index (κ1) is 21.4. The van der Waals surface area contributed by atoms with Gasteiger partial charge in [0.2, 0.25) is 0 Å². The molecule has 1 fully saturated rings. The van der Waals surface area contributed by atoms with Gasteiger partial charge in [-0.3, -0.25) is 4.99 Å². The molecule has 138 valence electrons. The van der Waals surface area contributed by atoms with Crippen molar-refractivity contribution in [2.75, 3.05) is 33.2 Å². The van der Waals surface area contributed by atoms with Crippen LogP contribution in [-0.2, 0) is 11.3 Å². The predicted octanol–water partition coefficient (Wildman–Crippen LogP) is 2.70. The summed E-state index contributed by atoms with van der Waals surface area (Å²) in [6.07, 6.45) is 0.971. The summed E-state index contributed by atoms with van der Waals surface area (Å²) in [6.45, 7) is 7.29. The highest BCUT2D eigenvalue weighted by atomic mass is 127. The van der Waals surface area contributed by atoms with Crippen molar-refractivity contribution in [1.82, 2.24) is 15.6 Å². The second kappa shape index (κ2) is 8.18. The SMILES string of the molecule is CN=C(NCc1csc(N(C)C)n1)NC1CC(C)(OC)C1(C)C.I. The van der Waals surface area contributed by atoms with Crippen LogP contribution >= 0.6 is 35.3 Å². The lowest BCUT2D eigenvalue weighted by molar-refractivity contribution is -0.176. The van der Waals surface area contributed by atoms with E-state index in [4.69, 9.17) is 4.74 Å². The predicted molar refractivity (Wildman–Crippen MR) is 113 cm³/mol. The van der Waals surface area contributed by atoms with Gasteiger partial charge in [-0.15, -0.1) is 35.3 Å². The van der Waals surface area contributed by atoms with Crippen molar-refractivity contribution in [3.05, 3.63) is 11.1 Å². The van der Waals surface area contributed by atoms with Crippen molar-refractivity contribution in [2.24, 2.45) is 10.4 Å².